The summed E-state index contributed by atoms with van der Waals surface area (Å²) >= 11 is 0. The summed E-state index contributed by atoms with van der Waals surface area (Å²) in [5, 5.41) is 0. The van der Waals surface area contributed by atoms with Gasteiger partial charge in [0, 0.05) is 6.42 Å². The van der Waals surface area contributed by atoms with Crippen molar-refractivity contribution in [1.82, 2.24) is 9.97 Å². The Bertz CT molecular complexity index is 1020. The van der Waals surface area contributed by atoms with E-state index in [-0.39, 0.29) is 6.29 Å². The van der Waals surface area contributed by atoms with Gasteiger partial charge in [-0.1, -0.05) is 115 Å². The number of ether oxygens (including phenoxy) is 3. The molecule has 206 valence electrons. The van der Waals surface area contributed by atoms with E-state index in [9.17, 15) is 0 Å². The SMILES string of the molecule is CCCCCCCCOc1cccc(-c2ccccc2)c1-c1ncc(O[C@@H](CC)OCCCCCC)cn1. The first-order chi connectivity index (χ1) is 18.8. The number of rotatable bonds is 19. The molecular weight excluding hydrogens is 472 g/mol. The third-order valence-corrected chi connectivity index (χ3v) is 6.62. The van der Waals surface area contributed by atoms with Gasteiger partial charge < -0.3 is 14.2 Å². The first kappa shape index (κ1) is 29.6. The Kier molecular flexibility index (Phi) is 13.7. The molecule has 1 heterocycles. The van der Waals surface area contributed by atoms with Crippen molar-refractivity contribution in [2.24, 2.45) is 0 Å². The Labute approximate surface area is 230 Å². The van der Waals surface area contributed by atoms with E-state index in [0.717, 1.165) is 41.7 Å². The lowest BCUT2D eigenvalue weighted by molar-refractivity contribution is -0.0828. The van der Waals surface area contributed by atoms with Gasteiger partial charge in [0.15, 0.2) is 17.9 Å². The Morgan fingerprint density at radius 3 is 2.05 bits per heavy atom. The first-order valence-corrected chi connectivity index (χ1v) is 14.7. The zero-order valence-corrected chi connectivity index (χ0v) is 23.7. The standard InChI is InChI=1S/C33H46N2O3/c1-4-7-9-11-12-17-23-36-30-22-18-21-29(27-19-14-13-15-20-27)32(30)33-34-25-28(26-35-33)38-31(6-3)37-24-16-10-8-5-2/h13-15,18-22,25-26,31H,4-12,16-17,23-24H2,1-3H3/t31-/m0/s1. The number of nitrogens with zero attached hydrogens (tertiary/aromatic N) is 2. The quantitative estimate of drug-likeness (QED) is 0.117. The molecule has 0 aliphatic carbocycles. The molecule has 1 atom stereocenters. The molecule has 5 nitrogen and oxygen atoms in total. The van der Waals surface area contributed by atoms with Gasteiger partial charge in [0.05, 0.1) is 31.2 Å². The fourth-order valence-corrected chi connectivity index (χ4v) is 4.44. The van der Waals surface area contributed by atoms with Crippen molar-refractivity contribution in [2.45, 2.75) is 97.7 Å². The molecule has 0 spiro atoms. The molecule has 3 rings (SSSR count). The molecule has 0 bridgehead atoms. The van der Waals surface area contributed by atoms with Crippen LogP contribution in [-0.2, 0) is 4.74 Å². The molecule has 5 heteroatoms. The maximum atomic E-state index is 6.31. The number of unbranched alkanes of at least 4 members (excludes halogenated alkanes) is 8. The Hall–Kier alpha value is -2.92. The van der Waals surface area contributed by atoms with Crippen LogP contribution in [0.2, 0.25) is 0 Å². The molecular formula is C33H46N2O3. The second-order valence-corrected chi connectivity index (χ2v) is 9.79. The Morgan fingerprint density at radius 2 is 1.34 bits per heavy atom. The molecule has 38 heavy (non-hydrogen) atoms. The summed E-state index contributed by atoms with van der Waals surface area (Å²) in [6, 6.07) is 16.5. The van der Waals surface area contributed by atoms with Gasteiger partial charge in [0.25, 0.3) is 0 Å². The van der Waals surface area contributed by atoms with Crippen molar-refractivity contribution in [3.05, 3.63) is 60.9 Å². The fraction of sp³-hybridized carbons (Fsp3) is 0.515. The highest BCUT2D eigenvalue weighted by molar-refractivity contribution is 5.84. The van der Waals surface area contributed by atoms with Gasteiger partial charge in [-0.25, -0.2) is 9.97 Å². The van der Waals surface area contributed by atoms with Crippen molar-refractivity contribution < 1.29 is 14.2 Å². The largest absolute Gasteiger partial charge is 0.493 e. The molecule has 0 aliphatic heterocycles. The molecule has 0 aliphatic rings. The van der Waals surface area contributed by atoms with E-state index >= 15 is 0 Å². The average molecular weight is 519 g/mol. The van der Waals surface area contributed by atoms with Crippen LogP contribution in [0, 0.1) is 0 Å². The van der Waals surface area contributed by atoms with Crippen LogP contribution in [0.4, 0.5) is 0 Å². The topological polar surface area (TPSA) is 53.5 Å². The molecule has 0 radical (unpaired) electrons. The molecule has 3 aromatic rings. The lowest BCUT2D eigenvalue weighted by Crippen LogP contribution is -2.20. The van der Waals surface area contributed by atoms with Gasteiger partial charge >= 0.3 is 0 Å². The summed E-state index contributed by atoms with van der Waals surface area (Å²) in [6.07, 6.45) is 16.0. The van der Waals surface area contributed by atoms with Crippen molar-refractivity contribution in [3.63, 3.8) is 0 Å². The van der Waals surface area contributed by atoms with Crippen molar-refractivity contribution in [2.75, 3.05) is 13.2 Å². The summed E-state index contributed by atoms with van der Waals surface area (Å²) in [5.41, 5.74) is 3.08. The third-order valence-electron chi connectivity index (χ3n) is 6.62. The van der Waals surface area contributed by atoms with Gasteiger partial charge in [-0.15, -0.1) is 0 Å². The van der Waals surface area contributed by atoms with E-state index in [4.69, 9.17) is 24.2 Å². The number of hydrogen-bond acceptors (Lipinski definition) is 5. The predicted octanol–water partition coefficient (Wildman–Crippen LogP) is 9.26. The Balaban J connectivity index is 1.72. The highest BCUT2D eigenvalue weighted by atomic mass is 16.7. The average Bonchev–Trinajstić information content (AvgIpc) is 2.96. The van der Waals surface area contributed by atoms with Crippen LogP contribution in [0.25, 0.3) is 22.5 Å². The van der Waals surface area contributed by atoms with E-state index < -0.39 is 0 Å². The second kappa shape index (κ2) is 17.6. The number of aromatic nitrogens is 2. The van der Waals surface area contributed by atoms with Crippen LogP contribution in [0.1, 0.15) is 91.4 Å². The number of hydrogen-bond donors (Lipinski definition) is 0. The smallest absolute Gasteiger partial charge is 0.199 e. The van der Waals surface area contributed by atoms with Crippen LogP contribution in [0.15, 0.2) is 60.9 Å². The molecule has 0 saturated carbocycles. The van der Waals surface area contributed by atoms with Crippen LogP contribution >= 0.6 is 0 Å². The molecule has 0 fully saturated rings. The van der Waals surface area contributed by atoms with Gasteiger partial charge in [0.1, 0.15) is 5.75 Å². The highest BCUT2D eigenvalue weighted by Gasteiger charge is 2.17. The van der Waals surface area contributed by atoms with Crippen molar-refractivity contribution in [3.8, 4) is 34.0 Å². The minimum Gasteiger partial charge on any atom is -0.493 e. The van der Waals surface area contributed by atoms with Crippen LogP contribution in [-0.4, -0.2) is 29.5 Å². The fourth-order valence-electron chi connectivity index (χ4n) is 4.44. The molecule has 0 N–H and O–H groups in total. The molecule has 0 unspecified atom stereocenters. The number of benzene rings is 2. The van der Waals surface area contributed by atoms with E-state index in [0.29, 0.717) is 24.8 Å². The van der Waals surface area contributed by atoms with E-state index in [2.05, 4.69) is 39.0 Å². The zero-order chi connectivity index (χ0) is 26.8. The van der Waals surface area contributed by atoms with Gasteiger partial charge in [-0.3, -0.25) is 0 Å². The predicted molar refractivity (Wildman–Crippen MR) is 157 cm³/mol. The summed E-state index contributed by atoms with van der Waals surface area (Å²) < 4.78 is 18.3. The van der Waals surface area contributed by atoms with Crippen molar-refractivity contribution >= 4 is 0 Å². The highest BCUT2D eigenvalue weighted by Crippen LogP contribution is 2.38. The molecule has 0 amide bonds. The van der Waals surface area contributed by atoms with Crippen LogP contribution in [0.5, 0.6) is 11.5 Å². The maximum absolute atomic E-state index is 6.31. The van der Waals surface area contributed by atoms with Crippen LogP contribution < -0.4 is 9.47 Å². The Morgan fingerprint density at radius 1 is 0.684 bits per heavy atom. The van der Waals surface area contributed by atoms with E-state index in [1.54, 1.807) is 12.4 Å². The van der Waals surface area contributed by atoms with E-state index in [1.165, 1.54) is 51.4 Å². The second-order valence-electron chi connectivity index (χ2n) is 9.79. The summed E-state index contributed by atoms with van der Waals surface area (Å²) in [4.78, 5) is 9.42. The third kappa shape index (κ3) is 9.75. The summed E-state index contributed by atoms with van der Waals surface area (Å²) in [6.45, 7) is 7.92. The molecule has 1 aromatic heterocycles. The van der Waals surface area contributed by atoms with Gasteiger partial charge in [-0.2, -0.15) is 0 Å². The van der Waals surface area contributed by atoms with Gasteiger partial charge in [0.2, 0.25) is 0 Å². The summed E-state index contributed by atoms with van der Waals surface area (Å²) in [7, 11) is 0. The maximum Gasteiger partial charge on any atom is 0.199 e. The van der Waals surface area contributed by atoms with E-state index in [1.807, 2.05) is 30.3 Å². The van der Waals surface area contributed by atoms with Crippen molar-refractivity contribution in [1.29, 1.82) is 0 Å². The van der Waals surface area contributed by atoms with Gasteiger partial charge in [-0.05, 0) is 30.0 Å². The lowest BCUT2D eigenvalue weighted by Gasteiger charge is -2.18. The normalized spacial score (nSPS) is 11.9. The van der Waals surface area contributed by atoms with Crippen LogP contribution in [0.3, 0.4) is 0 Å². The zero-order valence-electron chi connectivity index (χ0n) is 23.7. The molecule has 0 saturated heterocycles. The monoisotopic (exact) mass is 518 g/mol. The first-order valence-electron chi connectivity index (χ1n) is 14.7. The molecule has 2 aromatic carbocycles. The minimum atomic E-state index is -0.293. The minimum absolute atomic E-state index is 0.293. The summed E-state index contributed by atoms with van der Waals surface area (Å²) in [5.74, 6) is 2.06. The lowest BCUT2D eigenvalue weighted by atomic mass is 9.98.